The Morgan fingerprint density at radius 1 is 0.759 bits per heavy atom. The van der Waals surface area contributed by atoms with Crippen molar-refractivity contribution in [2.45, 2.75) is 62.2 Å². The van der Waals surface area contributed by atoms with Crippen molar-refractivity contribution < 1.29 is 31.0 Å². The normalized spacial score (nSPS) is 12.3. The van der Waals surface area contributed by atoms with E-state index in [1.54, 1.807) is 18.2 Å². The van der Waals surface area contributed by atoms with Gasteiger partial charge in [-0.3, -0.25) is 9.11 Å². The highest BCUT2D eigenvalue weighted by Gasteiger charge is 2.35. The molecule has 0 bridgehead atoms. The third-order valence-corrected chi connectivity index (χ3v) is 6.75. The second-order valence-electron chi connectivity index (χ2n) is 6.86. The number of phenolic OH excluding ortho intramolecular Hbond substituents is 1. The highest BCUT2D eigenvalue weighted by molar-refractivity contribution is 7.89. The predicted octanol–water partition coefficient (Wildman–Crippen LogP) is 4.24. The van der Waals surface area contributed by atoms with E-state index >= 15 is 0 Å². The Balaban J connectivity index is 3.12. The van der Waals surface area contributed by atoms with Crippen LogP contribution >= 0.6 is 0 Å². The SMILES string of the molecule is CCCCc1c(O)c(-c2ccccc2)c(S(=O)(=O)O)c(S(=O)(=O)O)c1CCCC. The number of phenols is 1. The molecule has 2 aromatic rings. The molecule has 29 heavy (non-hydrogen) atoms. The zero-order valence-corrected chi connectivity index (χ0v) is 18.1. The first kappa shape index (κ1) is 23.3. The average Bonchev–Trinajstić information content (AvgIpc) is 2.63. The van der Waals surface area contributed by atoms with Gasteiger partial charge in [-0.15, -0.1) is 0 Å². The Bertz CT molecular complexity index is 1070. The first-order chi connectivity index (χ1) is 13.5. The largest absolute Gasteiger partial charge is 0.507 e. The fourth-order valence-electron chi connectivity index (χ4n) is 3.42. The summed E-state index contributed by atoms with van der Waals surface area (Å²) in [5, 5.41) is 11.0. The van der Waals surface area contributed by atoms with Crippen molar-refractivity contribution in [2.24, 2.45) is 0 Å². The molecule has 0 amide bonds. The maximum absolute atomic E-state index is 12.3. The summed E-state index contributed by atoms with van der Waals surface area (Å²) in [4.78, 5) is -1.84. The monoisotopic (exact) mass is 442 g/mol. The van der Waals surface area contributed by atoms with Crippen molar-refractivity contribution in [3.05, 3.63) is 41.5 Å². The van der Waals surface area contributed by atoms with E-state index in [0.29, 0.717) is 25.7 Å². The summed E-state index contributed by atoms with van der Waals surface area (Å²) in [6.07, 6.45) is 3.01. The van der Waals surface area contributed by atoms with Crippen molar-refractivity contribution >= 4 is 20.2 Å². The van der Waals surface area contributed by atoms with E-state index in [4.69, 9.17) is 0 Å². The summed E-state index contributed by atoms with van der Waals surface area (Å²) in [6.45, 7) is 3.80. The summed E-state index contributed by atoms with van der Waals surface area (Å²) in [5.41, 5.74) is 0.196. The van der Waals surface area contributed by atoms with Crippen molar-refractivity contribution in [1.29, 1.82) is 0 Å². The lowest BCUT2D eigenvalue weighted by molar-refractivity contribution is 0.450. The van der Waals surface area contributed by atoms with E-state index in [-0.39, 0.29) is 28.7 Å². The van der Waals surface area contributed by atoms with Gasteiger partial charge >= 0.3 is 0 Å². The van der Waals surface area contributed by atoms with Crippen molar-refractivity contribution in [3.63, 3.8) is 0 Å². The summed E-state index contributed by atoms with van der Waals surface area (Å²) in [5.74, 6) is -0.393. The van der Waals surface area contributed by atoms with Gasteiger partial charge < -0.3 is 5.11 Å². The van der Waals surface area contributed by atoms with E-state index in [1.165, 1.54) is 12.1 Å². The van der Waals surface area contributed by atoms with Crippen LogP contribution in [0.2, 0.25) is 0 Å². The van der Waals surface area contributed by atoms with Crippen LogP contribution in [0.15, 0.2) is 40.1 Å². The van der Waals surface area contributed by atoms with Gasteiger partial charge in [0.2, 0.25) is 0 Å². The van der Waals surface area contributed by atoms with Crippen LogP contribution in [0.25, 0.3) is 11.1 Å². The van der Waals surface area contributed by atoms with Gasteiger partial charge in [-0.05, 0) is 42.4 Å². The first-order valence-electron chi connectivity index (χ1n) is 9.45. The number of aromatic hydroxyl groups is 1. The average molecular weight is 443 g/mol. The van der Waals surface area contributed by atoms with E-state index in [9.17, 15) is 31.0 Å². The molecule has 0 saturated carbocycles. The minimum absolute atomic E-state index is 0.0348. The summed E-state index contributed by atoms with van der Waals surface area (Å²) in [6, 6.07) is 7.84. The van der Waals surface area contributed by atoms with E-state index in [0.717, 1.165) is 6.42 Å². The Kier molecular flexibility index (Phi) is 7.45. The molecule has 160 valence electrons. The quantitative estimate of drug-likeness (QED) is 0.495. The Morgan fingerprint density at radius 2 is 1.24 bits per heavy atom. The summed E-state index contributed by atoms with van der Waals surface area (Å²) >= 11 is 0. The Hall–Kier alpha value is -1.94. The molecule has 9 heteroatoms. The Morgan fingerprint density at radius 3 is 1.69 bits per heavy atom. The number of unbranched alkanes of at least 4 members (excludes halogenated alkanes) is 2. The van der Waals surface area contributed by atoms with Crippen molar-refractivity contribution in [3.8, 4) is 16.9 Å². The molecular formula is C20H26O7S2. The first-order valence-corrected chi connectivity index (χ1v) is 12.3. The molecule has 2 rings (SSSR count). The summed E-state index contributed by atoms with van der Waals surface area (Å²) < 4.78 is 69.0. The number of benzene rings is 2. The van der Waals surface area contributed by atoms with Crippen LogP contribution < -0.4 is 0 Å². The van der Waals surface area contributed by atoms with Crippen LogP contribution in [0.1, 0.15) is 50.7 Å². The fraction of sp³-hybridized carbons (Fsp3) is 0.400. The molecule has 0 aromatic heterocycles. The molecule has 0 heterocycles. The molecule has 0 fully saturated rings. The van der Waals surface area contributed by atoms with Crippen molar-refractivity contribution in [2.75, 3.05) is 0 Å². The molecule has 0 radical (unpaired) electrons. The fourth-order valence-corrected chi connectivity index (χ4v) is 5.76. The van der Waals surface area contributed by atoms with Crippen LogP contribution in [0.3, 0.4) is 0 Å². The van der Waals surface area contributed by atoms with Gasteiger partial charge in [0.05, 0.1) is 0 Å². The van der Waals surface area contributed by atoms with Crippen LogP contribution in [-0.2, 0) is 33.1 Å². The number of hydrogen-bond donors (Lipinski definition) is 3. The lowest BCUT2D eigenvalue weighted by Crippen LogP contribution is -2.16. The van der Waals surface area contributed by atoms with Crippen LogP contribution in [-0.4, -0.2) is 31.0 Å². The molecule has 7 nitrogen and oxygen atoms in total. The lowest BCUT2D eigenvalue weighted by Gasteiger charge is -2.22. The third-order valence-electron chi connectivity index (χ3n) is 4.73. The van der Waals surface area contributed by atoms with Gasteiger partial charge in [0, 0.05) is 5.56 Å². The lowest BCUT2D eigenvalue weighted by atomic mass is 9.91. The number of hydrogen-bond acceptors (Lipinski definition) is 5. The van der Waals surface area contributed by atoms with Crippen LogP contribution in [0.4, 0.5) is 0 Å². The molecule has 0 spiro atoms. The summed E-state index contributed by atoms with van der Waals surface area (Å²) in [7, 11) is -10.1. The standard InChI is InChI=1S/C20H26O7S2/c1-3-5-12-15-16(13-6-4-2)19(28(22,23)24)20(29(25,26)27)17(18(15)21)14-10-8-7-9-11-14/h7-11,21H,3-6,12-13H2,1-2H3,(H,22,23,24)(H,25,26,27). The molecule has 0 saturated heterocycles. The maximum Gasteiger partial charge on any atom is 0.296 e. The van der Waals surface area contributed by atoms with Crippen LogP contribution in [0, 0.1) is 0 Å². The van der Waals surface area contributed by atoms with Gasteiger partial charge in [0.1, 0.15) is 15.5 Å². The Labute approximate surface area is 171 Å². The van der Waals surface area contributed by atoms with E-state index in [2.05, 4.69) is 0 Å². The highest BCUT2D eigenvalue weighted by Crippen LogP contribution is 2.45. The molecule has 0 aliphatic carbocycles. The van der Waals surface area contributed by atoms with Gasteiger partial charge in [0.15, 0.2) is 0 Å². The molecule has 2 aromatic carbocycles. The minimum atomic E-state index is -5.10. The highest BCUT2D eigenvalue weighted by atomic mass is 32.2. The molecule has 0 aliphatic rings. The maximum atomic E-state index is 12.3. The third kappa shape index (κ3) is 5.16. The topological polar surface area (TPSA) is 129 Å². The van der Waals surface area contributed by atoms with E-state index < -0.39 is 35.8 Å². The predicted molar refractivity (Wildman–Crippen MR) is 110 cm³/mol. The van der Waals surface area contributed by atoms with Gasteiger partial charge in [-0.1, -0.05) is 57.0 Å². The van der Waals surface area contributed by atoms with Gasteiger partial charge in [0.25, 0.3) is 20.2 Å². The molecule has 3 N–H and O–H groups in total. The molecule has 0 unspecified atom stereocenters. The zero-order chi connectivity index (χ0) is 21.8. The zero-order valence-electron chi connectivity index (χ0n) is 16.4. The number of rotatable bonds is 9. The van der Waals surface area contributed by atoms with Gasteiger partial charge in [-0.2, -0.15) is 16.8 Å². The second-order valence-corrected chi connectivity index (χ2v) is 9.58. The smallest absolute Gasteiger partial charge is 0.296 e. The van der Waals surface area contributed by atoms with Crippen LogP contribution in [0.5, 0.6) is 5.75 Å². The minimum Gasteiger partial charge on any atom is -0.507 e. The molecule has 0 atom stereocenters. The molecular weight excluding hydrogens is 416 g/mol. The van der Waals surface area contributed by atoms with E-state index in [1.807, 2.05) is 13.8 Å². The van der Waals surface area contributed by atoms with Gasteiger partial charge in [-0.25, -0.2) is 0 Å². The molecule has 0 aliphatic heterocycles. The second kappa shape index (κ2) is 9.25. The van der Waals surface area contributed by atoms with Crippen molar-refractivity contribution in [1.82, 2.24) is 0 Å².